The third kappa shape index (κ3) is 5.97. The molecule has 0 saturated carbocycles. The summed E-state index contributed by atoms with van der Waals surface area (Å²) in [7, 11) is 0. The van der Waals surface area contributed by atoms with E-state index in [0.717, 1.165) is 5.56 Å². The summed E-state index contributed by atoms with van der Waals surface area (Å²) in [6, 6.07) is 6.52. The van der Waals surface area contributed by atoms with Crippen LogP contribution in [0.5, 0.6) is 0 Å². The molecular formula is C14H20N2O3S. The van der Waals surface area contributed by atoms with Crippen LogP contribution < -0.4 is 11.1 Å². The molecule has 1 aromatic carbocycles. The number of aryl methyl sites for hydroxylation is 1. The lowest BCUT2D eigenvalue weighted by molar-refractivity contribution is -0.141. The Hall–Kier alpha value is -1.69. The van der Waals surface area contributed by atoms with Gasteiger partial charge in [-0.2, -0.15) is 11.8 Å². The summed E-state index contributed by atoms with van der Waals surface area (Å²) in [6.45, 7) is 0. The fraction of sp³-hybridized carbons (Fsp3) is 0.429. The second-order valence-corrected chi connectivity index (χ2v) is 5.47. The van der Waals surface area contributed by atoms with Crippen molar-refractivity contribution in [3.05, 3.63) is 29.8 Å². The molecule has 0 aromatic heterocycles. The van der Waals surface area contributed by atoms with Gasteiger partial charge < -0.3 is 16.2 Å². The Morgan fingerprint density at radius 3 is 2.80 bits per heavy atom. The van der Waals surface area contributed by atoms with Crippen LogP contribution in [0.2, 0.25) is 0 Å². The average Bonchev–Trinajstić information content (AvgIpc) is 2.41. The summed E-state index contributed by atoms with van der Waals surface area (Å²) in [4.78, 5) is 22.8. The Morgan fingerprint density at radius 1 is 1.45 bits per heavy atom. The van der Waals surface area contributed by atoms with Crippen LogP contribution in [-0.4, -0.2) is 35.0 Å². The lowest BCUT2D eigenvalue weighted by Crippen LogP contribution is -2.41. The van der Waals surface area contributed by atoms with Gasteiger partial charge in [-0.1, -0.05) is 12.1 Å². The van der Waals surface area contributed by atoms with E-state index in [1.165, 1.54) is 0 Å². The van der Waals surface area contributed by atoms with Crippen molar-refractivity contribution in [1.29, 1.82) is 0 Å². The molecule has 1 atom stereocenters. The number of carbonyl (C=O) groups is 2. The van der Waals surface area contributed by atoms with Crippen molar-refractivity contribution in [1.82, 2.24) is 5.32 Å². The standard InChI is InChI=1S/C14H20N2O3S/c1-20-8-7-12(14(18)19)16-13(17)6-5-10-3-2-4-11(15)9-10/h2-4,9,12H,5-8,15H2,1H3,(H,16,17)(H,18,19). The highest BCUT2D eigenvalue weighted by atomic mass is 32.2. The first-order valence-corrected chi connectivity index (χ1v) is 7.78. The smallest absolute Gasteiger partial charge is 0.326 e. The molecule has 4 N–H and O–H groups in total. The lowest BCUT2D eigenvalue weighted by Gasteiger charge is -2.13. The number of thioether (sulfide) groups is 1. The minimum absolute atomic E-state index is 0.249. The van der Waals surface area contributed by atoms with E-state index in [4.69, 9.17) is 10.8 Å². The molecule has 0 radical (unpaired) electrons. The quantitative estimate of drug-likeness (QED) is 0.633. The van der Waals surface area contributed by atoms with Crippen molar-refractivity contribution in [3.8, 4) is 0 Å². The van der Waals surface area contributed by atoms with Crippen LogP contribution >= 0.6 is 11.8 Å². The van der Waals surface area contributed by atoms with Crippen molar-refractivity contribution < 1.29 is 14.7 Å². The van der Waals surface area contributed by atoms with Crippen molar-refractivity contribution >= 4 is 29.3 Å². The number of amides is 1. The van der Waals surface area contributed by atoms with Gasteiger partial charge in [-0.25, -0.2) is 4.79 Å². The van der Waals surface area contributed by atoms with Gasteiger partial charge in [0, 0.05) is 12.1 Å². The number of rotatable bonds is 8. The average molecular weight is 296 g/mol. The van der Waals surface area contributed by atoms with Crippen LogP contribution in [0.15, 0.2) is 24.3 Å². The summed E-state index contributed by atoms with van der Waals surface area (Å²) in [5.41, 5.74) is 7.29. The topological polar surface area (TPSA) is 92.4 Å². The fourth-order valence-corrected chi connectivity index (χ4v) is 2.24. The van der Waals surface area contributed by atoms with Crippen molar-refractivity contribution in [2.24, 2.45) is 0 Å². The van der Waals surface area contributed by atoms with E-state index in [2.05, 4.69) is 5.32 Å². The number of nitrogens with one attached hydrogen (secondary N) is 1. The van der Waals surface area contributed by atoms with Crippen LogP contribution in [0.4, 0.5) is 5.69 Å². The Balaban J connectivity index is 2.43. The van der Waals surface area contributed by atoms with E-state index in [9.17, 15) is 9.59 Å². The molecule has 5 nitrogen and oxygen atoms in total. The molecule has 1 amide bonds. The number of nitrogen functional groups attached to an aromatic ring is 1. The molecule has 0 saturated heterocycles. The predicted octanol–water partition coefficient (Wildman–Crippen LogP) is 1.52. The molecule has 0 aliphatic rings. The summed E-state index contributed by atoms with van der Waals surface area (Å²) < 4.78 is 0. The number of aliphatic carboxylic acids is 1. The maximum atomic E-state index is 11.8. The molecule has 0 bridgehead atoms. The van der Waals surface area contributed by atoms with Crippen LogP contribution in [-0.2, 0) is 16.0 Å². The van der Waals surface area contributed by atoms with Crippen LogP contribution in [0.25, 0.3) is 0 Å². The van der Waals surface area contributed by atoms with Crippen LogP contribution in [0, 0.1) is 0 Å². The summed E-state index contributed by atoms with van der Waals surface area (Å²) in [5, 5.41) is 11.6. The van der Waals surface area contributed by atoms with Crippen LogP contribution in [0.3, 0.4) is 0 Å². The molecule has 0 fully saturated rings. The zero-order chi connectivity index (χ0) is 15.0. The molecule has 0 heterocycles. The minimum atomic E-state index is -0.989. The normalized spacial score (nSPS) is 11.8. The van der Waals surface area contributed by atoms with Gasteiger partial charge in [0.05, 0.1) is 0 Å². The molecule has 0 aliphatic carbocycles. The second-order valence-electron chi connectivity index (χ2n) is 4.48. The Morgan fingerprint density at radius 2 is 2.20 bits per heavy atom. The summed E-state index contributed by atoms with van der Waals surface area (Å²) in [6.07, 6.45) is 3.14. The highest BCUT2D eigenvalue weighted by Crippen LogP contribution is 2.09. The number of carboxylic acid groups (broad SMARTS) is 1. The first kappa shape index (κ1) is 16.4. The Kier molecular flexibility index (Phi) is 6.93. The highest BCUT2D eigenvalue weighted by Gasteiger charge is 2.18. The zero-order valence-corrected chi connectivity index (χ0v) is 12.3. The summed E-state index contributed by atoms with van der Waals surface area (Å²) in [5.74, 6) is -0.538. The highest BCUT2D eigenvalue weighted by molar-refractivity contribution is 7.98. The molecule has 0 aliphatic heterocycles. The van der Waals surface area contributed by atoms with Gasteiger partial charge in [0.2, 0.25) is 5.91 Å². The number of carboxylic acids is 1. The Bertz CT molecular complexity index is 465. The number of hydrogen-bond acceptors (Lipinski definition) is 4. The van der Waals surface area contributed by atoms with Gasteiger partial charge in [0.15, 0.2) is 0 Å². The van der Waals surface area contributed by atoms with Gasteiger partial charge in [-0.15, -0.1) is 0 Å². The van der Waals surface area contributed by atoms with Gasteiger partial charge in [-0.3, -0.25) is 4.79 Å². The first-order valence-electron chi connectivity index (χ1n) is 6.38. The fourth-order valence-electron chi connectivity index (χ4n) is 1.77. The molecular weight excluding hydrogens is 276 g/mol. The first-order chi connectivity index (χ1) is 9.52. The molecule has 1 rings (SSSR count). The monoisotopic (exact) mass is 296 g/mol. The number of carbonyl (C=O) groups excluding carboxylic acids is 1. The van der Waals surface area contributed by atoms with Gasteiger partial charge in [-0.05, 0) is 42.5 Å². The SMILES string of the molecule is CSCCC(NC(=O)CCc1cccc(N)c1)C(=O)O. The van der Waals surface area contributed by atoms with Gasteiger partial charge >= 0.3 is 5.97 Å². The van der Waals surface area contributed by atoms with E-state index >= 15 is 0 Å². The third-order valence-corrected chi connectivity index (χ3v) is 3.48. The maximum Gasteiger partial charge on any atom is 0.326 e. The summed E-state index contributed by atoms with van der Waals surface area (Å²) >= 11 is 1.56. The molecule has 1 unspecified atom stereocenters. The molecule has 20 heavy (non-hydrogen) atoms. The number of benzene rings is 1. The second kappa shape index (κ2) is 8.47. The van der Waals surface area contributed by atoms with Crippen molar-refractivity contribution in [2.45, 2.75) is 25.3 Å². The number of hydrogen-bond donors (Lipinski definition) is 3. The van der Waals surface area contributed by atoms with Crippen molar-refractivity contribution in [2.75, 3.05) is 17.7 Å². The van der Waals surface area contributed by atoms with E-state index in [1.54, 1.807) is 17.8 Å². The molecule has 1 aromatic rings. The van der Waals surface area contributed by atoms with Gasteiger partial charge in [0.25, 0.3) is 0 Å². The molecule has 6 heteroatoms. The number of anilines is 1. The number of nitrogens with two attached hydrogens (primary N) is 1. The Labute approximate surface area is 122 Å². The minimum Gasteiger partial charge on any atom is -0.480 e. The largest absolute Gasteiger partial charge is 0.480 e. The maximum absolute atomic E-state index is 11.8. The van der Waals surface area contributed by atoms with Crippen LogP contribution in [0.1, 0.15) is 18.4 Å². The molecule has 0 spiro atoms. The van der Waals surface area contributed by atoms with E-state index in [-0.39, 0.29) is 12.3 Å². The molecule has 110 valence electrons. The van der Waals surface area contributed by atoms with Crippen molar-refractivity contribution in [3.63, 3.8) is 0 Å². The van der Waals surface area contributed by atoms with Gasteiger partial charge in [0.1, 0.15) is 6.04 Å². The van der Waals surface area contributed by atoms with E-state index < -0.39 is 12.0 Å². The van der Waals surface area contributed by atoms with E-state index in [1.807, 2.05) is 24.5 Å². The zero-order valence-electron chi connectivity index (χ0n) is 11.5. The third-order valence-electron chi connectivity index (χ3n) is 2.84. The van der Waals surface area contributed by atoms with E-state index in [0.29, 0.717) is 24.3 Å². The lowest BCUT2D eigenvalue weighted by atomic mass is 10.1. The predicted molar refractivity (Wildman–Crippen MR) is 81.7 cm³/mol.